The molecule has 134 valence electrons. The van der Waals surface area contributed by atoms with E-state index in [0.717, 1.165) is 11.8 Å². The van der Waals surface area contributed by atoms with E-state index in [0.29, 0.717) is 4.90 Å². The lowest BCUT2D eigenvalue weighted by atomic mass is 10.3. The molecule has 1 N–H and O–H groups in total. The predicted molar refractivity (Wildman–Crippen MR) is 79.1 cm³/mol. The zero-order valence-corrected chi connectivity index (χ0v) is 13.7. The summed E-state index contributed by atoms with van der Waals surface area (Å²) in [5.41, 5.74) is 1.79. The van der Waals surface area contributed by atoms with Crippen LogP contribution in [0.5, 0.6) is 0 Å². The van der Waals surface area contributed by atoms with Crippen molar-refractivity contribution in [3.63, 3.8) is 0 Å². The first-order chi connectivity index (χ1) is 11.6. The second kappa shape index (κ2) is 7.42. The topological polar surface area (TPSA) is 55.4 Å². The van der Waals surface area contributed by atoms with Crippen molar-refractivity contribution in [1.29, 1.82) is 0 Å². The van der Waals surface area contributed by atoms with Crippen LogP contribution in [0.25, 0.3) is 0 Å². The largest absolute Gasteiger partial charge is 0.323 e. The average molecular weight is 397 g/mol. The molecule has 0 aliphatic heterocycles. The Kier molecular flexibility index (Phi) is 5.70. The number of halogens is 5. The summed E-state index contributed by atoms with van der Waals surface area (Å²) < 4.78 is 93.9. The van der Waals surface area contributed by atoms with Crippen LogP contribution >= 0.6 is 11.8 Å². The molecule has 0 aliphatic carbocycles. The van der Waals surface area contributed by atoms with Gasteiger partial charge in [-0.3, -0.25) is 0 Å². The lowest BCUT2D eigenvalue weighted by molar-refractivity contribution is 0.240. The summed E-state index contributed by atoms with van der Waals surface area (Å²) >= 11 is 0.906. The van der Waals surface area contributed by atoms with Crippen LogP contribution in [0.1, 0.15) is 0 Å². The molecule has 0 spiro atoms. The monoisotopic (exact) mass is 397 g/mol. The first kappa shape index (κ1) is 19.2. The van der Waals surface area contributed by atoms with Gasteiger partial charge in [0, 0.05) is 4.90 Å². The van der Waals surface area contributed by atoms with Crippen LogP contribution in [0.2, 0.25) is 0 Å². The zero-order chi connectivity index (χ0) is 18.8. The third kappa shape index (κ3) is 4.11. The molecule has 4 nitrogen and oxygen atoms in total. The van der Waals surface area contributed by atoms with E-state index in [1.807, 2.05) is 0 Å². The van der Waals surface area contributed by atoms with Crippen LogP contribution in [0.15, 0.2) is 51.7 Å². The average Bonchev–Trinajstić information content (AvgIpc) is 2.57. The van der Waals surface area contributed by atoms with E-state index >= 15 is 0 Å². The number of hydrogen-bond acceptors (Lipinski definition) is 5. The first-order valence-corrected chi connectivity index (χ1v) is 8.50. The molecule has 11 heteroatoms. The molecular weight excluding hydrogens is 389 g/mol. The Hall–Kier alpha value is -2.11. The van der Waals surface area contributed by atoms with Crippen molar-refractivity contribution in [2.75, 3.05) is 0 Å². The number of hydroxylamine groups is 1. The molecule has 0 fully saturated rings. The van der Waals surface area contributed by atoms with Gasteiger partial charge in [-0.1, -0.05) is 36.5 Å². The molecule has 2 rings (SSSR count). The van der Waals surface area contributed by atoms with Crippen molar-refractivity contribution >= 4 is 21.9 Å². The van der Waals surface area contributed by atoms with Crippen LogP contribution in [-0.4, -0.2) is 8.42 Å². The van der Waals surface area contributed by atoms with Gasteiger partial charge in [-0.05, 0) is 12.1 Å². The Morgan fingerprint density at radius 1 is 0.920 bits per heavy atom. The summed E-state index contributed by atoms with van der Waals surface area (Å²) in [6, 6.07) is 8.39. The Morgan fingerprint density at radius 3 is 1.92 bits per heavy atom. The molecule has 25 heavy (non-hydrogen) atoms. The van der Waals surface area contributed by atoms with E-state index in [1.165, 1.54) is 0 Å². The number of hydrogen-bond donors (Lipinski definition) is 1. The molecule has 0 saturated heterocycles. The van der Waals surface area contributed by atoms with Crippen LogP contribution in [0.3, 0.4) is 0 Å². The quantitative estimate of drug-likeness (QED) is 0.264. The fourth-order valence-corrected chi connectivity index (χ4v) is 3.22. The van der Waals surface area contributed by atoms with Crippen LogP contribution in [0, 0.1) is 29.1 Å². The molecule has 0 radical (unpaired) electrons. The second-order valence-corrected chi connectivity index (χ2v) is 7.03. The van der Waals surface area contributed by atoms with Gasteiger partial charge in [0.1, 0.15) is 0 Å². The van der Waals surface area contributed by atoms with Crippen molar-refractivity contribution in [1.82, 2.24) is 5.48 Å². The van der Waals surface area contributed by atoms with Gasteiger partial charge in [-0.25, -0.2) is 27.4 Å². The third-order valence-electron chi connectivity index (χ3n) is 2.67. The van der Waals surface area contributed by atoms with Crippen molar-refractivity contribution in [2.24, 2.45) is 0 Å². The van der Waals surface area contributed by atoms with E-state index in [-0.39, 0.29) is 5.03 Å². The smallest absolute Gasteiger partial charge is 0.243 e. The Balaban J connectivity index is 2.22. The maximum absolute atomic E-state index is 13.5. The maximum atomic E-state index is 13.5. The first-order valence-electron chi connectivity index (χ1n) is 6.28. The predicted octanol–water partition coefficient (Wildman–Crippen LogP) is 3.86. The molecule has 0 amide bonds. The summed E-state index contributed by atoms with van der Waals surface area (Å²) in [7, 11) is -5.35. The number of benzene rings is 2. The van der Waals surface area contributed by atoms with Crippen molar-refractivity contribution in [3.05, 3.63) is 71.0 Å². The van der Waals surface area contributed by atoms with Gasteiger partial charge in [0.25, 0.3) is 0 Å². The van der Waals surface area contributed by atoms with Crippen molar-refractivity contribution in [3.8, 4) is 0 Å². The highest BCUT2D eigenvalue weighted by Crippen LogP contribution is 2.28. The summed E-state index contributed by atoms with van der Waals surface area (Å²) in [5, 5.41) is -0.112. The Morgan fingerprint density at radius 2 is 1.40 bits per heavy atom. The van der Waals surface area contributed by atoms with Crippen molar-refractivity contribution in [2.45, 2.75) is 9.79 Å². The Labute approximate surface area is 143 Å². The zero-order valence-electron chi connectivity index (χ0n) is 12.0. The lowest BCUT2D eigenvalue weighted by Crippen LogP contribution is -2.22. The second-order valence-electron chi connectivity index (χ2n) is 4.38. The summed E-state index contributed by atoms with van der Waals surface area (Å²) in [4.78, 5) is -1.48. The van der Waals surface area contributed by atoms with Gasteiger partial charge in [-0.15, -0.1) is 4.28 Å². The minimum Gasteiger partial charge on any atom is -0.243 e. The normalized spacial score (nSPS) is 11.4. The number of nitrogens with one attached hydrogen (secondary N) is 1. The minimum atomic E-state index is -5.35. The van der Waals surface area contributed by atoms with Gasteiger partial charge in [-0.2, -0.15) is 8.42 Å². The van der Waals surface area contributed by atoms with Gasteiger partial charge in [0.15, 0.2) is 28.2 Å². The SMILES string of the molecule is C=C(NOS(=O)(=O)c1c(F)c(F)c(F)c(F)c1F)Sc1ccccc1. The Bertz CT molecular complexity index is 891. The molecule has 2 aromatic rings. The lowest BCUT2D eigenvalue weighted by Gasteiger charge is -2.11. The third-order valence-corrected chi connectivity index (χ3v) is 4.67. The van der Waals surface area contributed by atoms with E-state index in [4.69, 9.17) is 0 Å². The van der Waals surface area contributed by atoms with Crippen LogP contribution < -0.4 is 5.48 Å². The maximum Gasteiger partial charge on any atom is 0.323 e. The molecule has 0 saturated carbocycles. The molecule has 0 atom stereocenters. The van der Waals surface area contributed by atoms with Crippen LogP contribution in [-0.2, 0) is 14.4 Å². The highest BCUT2D eigenvalue weighted by atomic mass is 32.2. The van der Waals surface area contributed by atoms with Gasteiger partial charge in [0.2, 0.25) is 5.82 Å². The van der Waals surface area contributed by atoms with Gasteiger partial charge >= 0.3 is 10.1 Å². The molecular formula is C14H8F5NO3S2. The van der Waals surface area contributed by atoms with Crippen LogP contribution in [0.4, 0.5) is 22.0 Å². The molecule has 0 unspecified atom stereocenters. The standard InChI is InChI=1S/C14H8F5NO3S2/c1-7(24-8-5-3-2-4-6-8)20-23-25(21,22)14-12(18)10(16)9(15)11(17)13(14)19/h2-6,20H,1H2. The number of rotatable bonds is 6. The van der Waals surface area contributed by atoms with Crippen molar-refractivity contribution < 1.29 is 34.7 Å². The highest BCUT2D eigenvalue weighted by Gasteiger charge is 2.34. The van der Waals surface area contributed by atoms with Gasteiger partial charge < -0.3 is 0 Å². The molecule has 2 aromatic carbocycles. The molecule has 0 aromatic heterocycles. The molecule has 0 bridgehead atoms. The van der Waals surface area contributed by atoms with E-state index < -0.39 is 44.1 Å². The van der Waals surface area contributed by atoms with E-state index in [1.54, 1.807) is 35.8 Å². The van der Waals surface area contributed by atoms with E-state index in [9.17, 15) is 30.4 Å². The highest BCUT2D eigenvalue weighted by molar-refractivity contribution is 8.03. The fourth-order valence-electron chi connectivity index (χ4n) is 1.60. The summed E-state index contributed by atoms with van der Waals surface area (Å²) in [6.07, 6.45) is 0. The molecule has 0 heterocycles. The summed E-state index contributed by atoms with van der Waals surface area (Å²) in [5.74, 6) is -12.3. The minimum absolute atomic E-state index is 0.112. The van der Waals surface area contributed by atoms with Gasteiger partial charge in [0.05, 0.1) is 5.03 Å². The summed E-state index contributed by atoms with van der Waals surface area (Å²) in [6.45, 7) is 3.41. The number of thioether (sulfide) groups is 1. The van der Waals surface area contributed by atoms with E-state index in [2.05, 4.69) is 10.9 Å². The fraction of sp³-hybridized carbons (Fsp3) is 0. The molecule has 0 aliphatic rings.